The lowest BCUT2D eigenvalue weighted by molar-refractivity contribution is 0.101. The fourth-order valence-corrected chi connectivity index (χ4v) is 13.1. The lowest BCUT2D eigenvalue weighted by Gasteiger charge is -2.11. The number of urea groups is 1. The van der Waals surface area contributed by atoms with E-state index in [1.54, 1.807) is 102 Å². The minimum atomic E-state index is -5.01. The molecular weight excluding hydrogens is 1200 g/mol. The minimum Gasteiger partial charge on any atom is -0.346 e. The number of anilines is 4. The molecule has 11 rings (SSSR count). The molecule has 11 aromatic rings. The Hall–Kier alpha value is -9.85. The van der Waals surface area contributed by atoms with Crippen LogP contribution >= 0.6 is 0 Å². The normalized spacial score (nSPS) is 12.3. The van der Waals surface area contributed by atoms with Crippen molar-refractivity contribution in [3.8, 4) is 0 Å². The van der Waals surface area contributed by atoms with E-state index < -0.39 is 83.7 Å². The number of aryl methyl sites for hydroxylation is 4. The van der Waals surface area contributed by atoms with Crippen LogP contribution in [0.15, 0.2) is 165 Å². The molecule has 4 amide bonds. The highest BCUT2D eigenvalue weighted by atomic mass is 32.2. The van der Waals surface area contributed by atoms with E-state index >= 15 is 0 Å². The van der Waals surface area contributed by atoms with E-state index in [0.717, 1.165) is 12.1 Å². The zero-order chi connectivity index (χ0) is 61.9. The molecule has 0 radical (unpaired) electrons. The Morgan fingerprint density at radius 1 is 0.384 bits per heavy atom. The molecule has 0 fully saturated rings. The third kappa shape index (κ3) is 10.7. The molecule has 7 aromatic carbocycles. The number of hydrogen-bond donors (Lipinski definition) is 8. The van der Waals surface area contributed by atoms with Crippen LogP contribution in [0.4, 0.5) is 27.5 Å². The third-order valence-corrected chi connectivity index (χ3v) is 18.0. The van der Waals surface area contributed by atoms with Gasteiger partial charge in [-0.2, -0.15) is 33.7 Å². The largest absolute Gasteiger partial charge is 0.346 e. The fourth-order valence-electron chi connectivity index (χ4n) is 10.4. The van der Waals surface area contributed by atoms with Crippen molar-refractivity contribution in [3.05, 3.63) is 180 Å². The number of carbonyl (C=O) groups excluding carboxylic acids is 5. The second kappa shape index (κ2) is 20.7. The predicted octanol–water partition coefficient (Wildman–Crippen LogP) is 8.40. The van der Waals surface area contributed by atoms with Crippen molar-refractivity contribution in [1.29, 1.82) is 0 Å². The van der Waals surface area contributed by atoms with E-state index in [0.29, 0.717) is 56.2 Å². The zero-order valence-corrected chi connectivity index (χ0v) is 48.1. The SMILES string of the molecule is Cn1cc(C(=O)c2cc3cc(NC(=O)Nc4ccc5c(c4)cc(C(=O)c4cccc6c4cc(C(=O)Nc4ccc7cc(S(=O)(=O)O)cc(S(=O)(=O)O)c7c4)n6C)n5C)ccc3n2C)cc1C(=O)Nc1ccc2cc(S(=O)(=O)O)cc(S(=O)(=O)O)c2c1. The second-order valence-electron chi connectivity index (χ2n) is 20.0. The molecule has 4 aromatic heterocycles. The molecule has 0 unspecified atom stereocenters. The van der Waals surface area contributed by atoms with Crippen LogP contribution in [0.2, 0.25) is 0 Å². The first kappa shape index (κ1) is 57.9. The summed E-state index contributed by atoms with van der Waals surface area (Å²) in [5.74, 6) is -2.21. The first-order chi connectivity index (χ1) is 40.3. The van der Waals surface area contributed by atoms with Crippen LogP contribution in [0, 0.1) is 0 Å². The van der Waals surface area contributed by atoms with Gasteiger partial charge in [0.15, 0.2) is 0 Å². The standard InChI is InChI=1S/C57H44N8O17S4/c1-62-28-33(22-49(62)55(68)58-36-10-8-29-18-38(83(71,72)73)25-51(41(29)23-36)85(77,78)79)53(66)47-20-31-16-34(12-14-44(31)63(47)2)60-57(70)61-35-13-15-45-32(17-35)21-48(64(45)3)54(67)40-6-5-7-46-43(40)27-50(65(46)4)56(69)59-37-11-9-30-19-39(84(74,75)76)26-52(42(30)24-37)86(80,81)82/h5-28H,1-4H3,(H,58,68)(H,59,69)(H2,60,61,70)(H,71,72,73)(H,74,75,76)(H,77,78,79)(H,80,81,82). The molecule has 0 saturated carbocycles. The number of amides is 4. The number of ketones is 2. The zero-order valence-electron chi connectivity index (χ0n) is 44.9. The Balaban J connectivity index is 0.769. The Morgan fingerprint density at radius 2 is 0.826 bits per heavy atom. The van der Waals surface area contributed by atoms with Gasteiger partial charge in [0.2, 0.25) is 11.6 Å². The molecule has 0 saturated heterocycles. The number of fused-ring (bicyclic) bond motifs is 5. The number of hydrogen-bond acceptors (Lipinski definition) is 13. The summed E-state index contributed by atoms with van der Waals surface area (Å²) in [7, 11) is -13.2. The van der Waals surface area contributed by atoms with Gasteiger partial charge in [-0.1, -0.05) is 24.3 Å². The summed E-state index contributed by atoms with van der Waals surface area (Å²) in [5, 5.41) is 12.3. The maximum atomic E-state index is 14.4. The average molecular weight is 1240 g/mol. The Morgan fingerprint density at radius 3 is 1.30 bits per heavy atom. The van der Waals surface area contributed by atoms with Crippen LogP contribution in [0.1, 0.15) is 53.1 Å². The van der Waals surface area contributed by atoms with E-state index in [1.165, 1.54) is 66.3 Å². The van der Waals surface area contributed by atoms with Gasteiger partial charge in [0.1, 0.15) is 21.2 Å². The smallest absolute Gasteiger partial charge is 0.323 e. The van der Waals surface area contributed by atoms with Gasteiger partial charge >= 0.3 is 6.03 Å². The van der Waals surface area contributed by atoms with Gasteiger partial charge < -0.3 is 39.5 Å². The van der Waals surface area contributed by atoms with Gasteiger partial charge in [-0.15, -0.1) is 0 Å². The van der Waals surface area contributed by atoms with Gasteiger partial charge in [0.25, 0.3) is 52.3 Å². The Labute approximate surface area is 487 Å². The summed E-state index contributed by atoms with van der Waals surface area (Å²) in [5.41, 5.74) is 3.74. The molecule has 8 N–H and O–H groups in total. The molecule has 0 spiro atoms. The summed E-state index contributed by atoms with van der Waals surface area (Å²) in [4.78, 5) is 66.1. The molecule has 0 aliphatic rings. The number of nitrogens with zero attached hydrogens (tertiary/aromatic N) is 4. The summed E-state index contributed by atoms with van der Waals surface area (Å²) < 4.78 is 141. The van der Waals surface area contributed by atoms with Crippen LogP contribution in [0.5, 0.6) is 0 Å². The highest BCUT2D eigenvalue weighted by Gasteiger charge is 2.27. The first-order valence-electron chi connectivity index (χ1n) is 25.1. The van der Waals surface area contributed by atoms with Crippen molar-refractivity contribution in [3.63, 3.8) is 0 Å². The van der Waals surface area contributed by atoms with Crippen molar-refractivity contribution >= 4 is 147 Å². The van der Waals surface area contributed by atoms with Gasteiger partial charge in [-0.05, 0) is 126 Å². The lowest BCUT2D eigenvalue weighted by Crippen LogP contribution is -2.19. The topological polar surface area (TPSA) is 371 Å². The maximum Gasteiger partial charge on any atom is 0.323 e. The molecule has 438 valence electrons. The molecule has 25 nitrogen and oxygen atoms in total. The van der Waals surface area contributed by atoms with Crippen molar-refractivity contribution < 1.29 is 75.9 Å². The molecule has 0 aliphatic carbocycles. The summed E-state index contributed by atoms with van der Waals surface area (Å²) in [6, 6.07) is 31.5. The predicted molar refractivity (Wildman–Crippen MR) is 317 cm³/mol. The number of rotatable bonds is 14. The van der Waals surface area contributed by atoms with Crippen molar-refractivity contribution in [2.75, 3.05) is 21.3 Å². The highest BCUT2D eigenvalue weighted by Crippen LogP contribution is 2.34. The van der Waals surface area contributed by atoms with Gasteiger partial charge in [-0.25, -0.2) is 4.79 Å². The molecule has 29 heteroatoms. The Bertz CT molecular complexity index is 5350. The molecule has 4 heterocycles. The van der Waals surface area contributed by atoms with E-state index in [2.05, 4.69) is 21.3 Å². The minimum absolute atomic E-state index is 0.0155. The van der Waals surface area contributed by atoms with E-state index in [-0.39, 0.29) is 72.6 Å². The van der Waals surface area contributed by atoms with E-state index in [1.807, 2.05) is 0 Å². The van der Waals surface area contributed by atoms with Crippen molar-refractivity contribution in [2.24, 2.45) is 28.2 Å². The number of aromatic nitrogens is 4. The van der Waals surface area contributed by atoms with Crippen LogP contribution < -0.4 is 21.3 Å². The molecule has 0 atom stereocenters. The number of benzene rings is 7. The second-order valence-corrected chi connectivity index (χ2v) is 25.7. The molecule has 0 aliphatic heterocycles. The fraction of sp³-hybridized carbons (Fsp3) is 0.0702. The van der Waals surface area contributed by atoms with Crippen LogP contribution in [-0.4, -0.2) is 99.6 Å². The molecular formula is C57H44N8O17S4. The highest BCUT2D eigenvalue weighted by molar-refractivity contribution is 7.87. The van der Waals surface area contributed by atoms with Crippen LogP contribution in [0.3, 0.4) is 0 Å². The first-order valence-corrected chi connectivity index (χ1v) is 30.9. The van der Waals surface area contributed by atoms with Gasteiger partial charge in [0, 0.05) is 112 Å². The summed E-state index contributed by atoms with van der Waals surface area (Å²) in [6.07, 6.45) is 1.45. The Kier molecular flexibility index (Phi) is 14.0. The monoisotopic (exact) mass is 1240 g/mol. The van der Waals surface area contributed by atoms with Crippen LogP contribution in [0.25, 0.3) is 54.3 Å². The maximum absolute atomic E-state index is 14.4. The van der Waals surface area contributed by atoms with Crippen molar-refractivity contribution in [1.82, 2.24) is 18.3 Å². The van der Waals surface area contributed by atoms with Crippen molar-refractivity contribution in [2.45, 2.75) is 19.6 Å². The summed E-state index contributed by atoms with van der Waals surface area (Å²) >= 11 is 0. The average Bonchev–Trinajstić information content (AvgIpc) is 1.41. The quantitative estimate of drug-likeness (QED) is 0.0374. The number of carbonyl (C=O) groups is 5. The lowest BCUT2D eigenvalue weighted by atomic mass is 10.0. The van der Waals surface area contributed by atoms with Gasteiger partial charge in [-0.3, -0.25) is 37.4 Å². The van der Waals surface area contributed by atoms with Crippen LogP contribution in [-0.2, 0) is 68.7 Å². The van der Waals surface area contributed by atoms with E-state index in [9.17, 15) is 75.9 Å². The third-order valence-electron chi connectivity index (χ3n) is 14.6. The number of nitrogens with one attached hydrogen (secondary N) is 4. The molecule has 86 heavy (non-hydrogen) atoms. The summed E-state index contributed by atoms with van der Waals surface area (Å²) in [6.45, 7) is 0. The van der Waals surface area contributed by atoms with Gasteiger partial charge in [0.05, 0.1) is 21.2 Å². The molecule has 0 bridgehead atoms. The van der Waals surface area contributed by atoms with E-state index in [4.69, 9.17) is 0 Å².